The van der Waals surface area contributed by atoms with Gasteiger partial charge in [-0.25, -0.2) is 4.79 Å². The fraction of sp³-hybridized carbons (Fsp3) is 0.364. The van der Waals surface area contributed by atoms with Crippen LogP contribution < -0.4 is 14.8 Å². The van der Waals surface area contributed by atoms with Crippen LogP contribution in [0.3, 0.4) is 0 Å². The molecule has 0 amide bonds. The molecule has 1 aliphatic heterocycles. The van der Waals surface area contributed by atoms with Crippen molar-refractivity contribution < 1.29 is 23.8 Å². The van der Waals surface area contributed by atoms with Crippen molar-refractivity contribution in [1.82, 2.24) is 5.32 Å². The number of hydrogen-bond acceptors (Lipinski definition) is 6. The highest BCUT2D eigenvalue weighted by Crippen LogP contribution is 2.47. The van der Waals surface area contributed by atoms with Crippen LogP contribution in [0.1, 0.15) is 37.7 Å². The molecule has 1 N–H and O–H groups in total. The van der Waals surface area contributed by atoms with Crippen molar-refractivity contribution in [3.8, 4) is 11.5 Å². The molecule has 6 nitrogen and oxygen atoms in total. The molecular formula is C22H24BrNO5. The monoisotopic (exact) mass is 461 g/mol. The van der Waals surface area contributed by atoms with E-state index in [-0.39, 0.29) is 12.4 Å². The SMILES string of the molecule is C=CCOC(=O)C1=C(C)NC2=C(C(=O)CCC2)[C@@H]1c1cc(OC)c(OC)cc1Br. The summed E-state index contributed by atoms with van der Waals surface area (Å²) in [6, 6.07) is 3.59. The molecule has 0 fully saturated rings. The highest BCUT2D eigenvalue weighted by atomic mass is 79.9. The highest BCUT2D eigenvalue weighted by Gasteiger charge is 2.40. The lowest BCUT2D eigenvalue weighted by atomic mass is 9.75. The maximum absolute atomic E-state index is 12.9. The molecule has 29 heavy (non-hydrogen) atoms. The van der Waals surface area contributed by atoms with Crippen LogP contribution in [0.2, 0.25) is 0 Å². The molecule has 154 valence electrons. The lowest BCUT2D eigenvalue weighted by Gasteiger charge is -2.34. The third-order valence-corrected chi connectivity index (χ3v) is 5.83. The number of halogens is 1. The van der Waals surface area contributed by atoms with E-state index >= 15 is 0 Å². The second kappa shape index (κ2) is 8.86. The predicted molar refractivity (Wildman–Crippen MR) is 113 cm³/mol. The summed E-state index contributed by atoms with van der Waals surface area (Å²) in [5, 5.41) is 3.27. The number of nitrogens with one attached hydrogen (secondary N) is 1. The minimum Gasteiger partial charge on any atom is -0.493 e. The van der Waals surface area contributed by atoms with Crippen LogP contribution in [-0.2, 0) is 14.3 Å². The van der Waals surface area contributed by atoms with E-state index in [4.69, 9.17) is 14.2 Å². The first-order valence-electron chi connectivity index (χ1n) is 9.36. The van der Waals surface area contributed by atoms with E-state index in [2.05, 4.69) is 27.8 Å². The number of ether oxygens (including phenoxy) is 3. The van der Waals surface area contributed by atoms with Gasteiger partial charge in [-0.15, -0.1) is 0 Å². The van der Waals surface area contributed by atoms with Gasteiger partial charge in [0, 0.05) is 33.8 Å². The number of methoxy groups -OCH3 is 2. The Balaban J connectivity index is 2.22. The van der Waals surface area contributed by atoms with Gasteiger partial charge in [0.05, 0.1) is 19.8 Å². The zero-order valence-electron chi connectivity index (χ0n) is 16.8. The van der Waals surface area contributed by atoms with Crippen LogP contribution in [0.15, 0.2) is 51.8 Å². The first-order chi connectivity index (χ1) is 13.9. The summed E-state index contributed by atoms with van der Waals surface area (Å²) in [6.07, 6.45) is 3.51. The Labute approximate surface area is 178 Å². The number of carbonyl (C=O) groups is 2. The van der Waals surface area contributed by atoms with Gasteiger partial charge < -0.3 is 19.5 Å². The number of benzene rings is 1. The van der Waals surface area contributed by atoms with Crippen molar-refractivity contribution in [3.05, 3.63) is 57.4 Å². The minimum atomic E-state index is -0.564. The van der Waals surface area contributed by atoms with Gasteiger partial charge in [-0.1, -0.05) is 28.6 Å². The molecule has 2 aliphatic rings. The molecule has 1 heterocycles. The highest BCUT2D eigenvalue weighted by molar-refractivity contribution is 9.10. The molecule has 0 radical (unpaired) electrons. The van der Waals surface area contributed by atoms with E-state index in [0.29, 0.717) is 39.2 Å². The number of hydrogen-bond donors (Lipinski definition) is 1. The predicted octanol–water partition coefficient (Wildman–Crippen LogP) is 4.16. The molecule has 1 atom stereocenters. The third-order valence-electron chi connectivity index (χ3n) is 5.14. The molecule has 0 spiro atoms. The van der Waals surface area contributed by atoms with E-state index in [9.17, 15) is 9.59 Å². The van der Waals surface area contributed by atoms with Crippen molar-refractivity contribution in [2.45, 2.75) is 32.1 Å². The average Bonchev–Trinajstić information content (AvgIpc) is 2.71. The molecule has 0 bridgehead atoms. The second-order valence-corrected chi connectivity index (χ2v) is 7.74. The van der Waals surface area contributed by atoms with Crippen molar-refractivity contribution >= 4 is 27.7 Å². The lowest BCUT2D eigenvalue weighted by Crippen LogP contribution is -2.34. The number of rotatable bonds is 6. The molecule has 0 aromatic heterocycles. The quantitative estimate of drug-likeness (QED) is 0.506. The van der Waals surface area contributed by atoms with Crippen LogP contribution in [0.4, 0.5) is 0 Å². The van der Waals surface area contributed by atoms with Gasteiger partial charge in [-0.3, -0.25) is 4.79 Å². The zero-order valence-corrected chi connectivity index (χ0v) is 18.4. The molecule has 1 aromatic rings. The van der Waals surface area contributed by atoms with Crippen LogP contribution >= 0.6 is 15.9 Å². The van der Waals surface area contributed by atoms with E-state index in [0.717, 1.165) is 24.1 Å². The zero-order chi connectivity index (χ0) is 21.1. The van der Waals surface area contributed by atoms with Crippen LogP contribution in [-0.4, -0.2) is 32.6 Å². The van der Waals surface area contributed by atoms with Gasteiger partial charge in [0.25, 0.3) is 0 Å². The number of allylic oxidation sites excluding steroid dienone is 3. The second-order valence-electron chi connectivity index (χ2n) is 6.88. The summed E-state index contributed by atoms with van der Waals surface area (Å²) >= 11 is 3.59. The molecule has 1 aromatic carbocycles. The maximum atomic E-state index is 12.9. The summed E-state index contributed by atoms with van der Waals surface area (Å²) in [6.45, 7) is 5.52. The summed E-state index contributed by atoms with van der Waals surface area (Å²) < 4.78 is 16.9. The van der Waals surface area contributed by atoms with E-state index in [1.54, 1.807) is 26.4 Å². The molecule has 0 saturated heterocycles. The van der Waals surface area contributed by atoms with Gasteiger partial charge in [-0.2, -0.15) is 0 Å². The third kappa shape index (κ3) is 3.96. The Morgan fingerprint density at radius 2 is 1.97 bits per heavy atom. The van der Waals surface area contributed by atoms with E-state index < -0.39 is 11.9 Å². The number of esters is 1. The van der Waals surface area contributed by atoms with E-state index in [1.807, 2.05) is 6.92 Å². The fourth-order valence-electron chi connectivity index (χ4n) is 3.87. The molecular weight excluding hydrogens is 438 g/mol. The molecule has 0 unspecified atom stereocenters. The Bertz CT molecular complexity index is 931. The van der Waals surface area contributed by atoms with Gasteiger partial charge in [0.2, 0.25) is 0 Å². The summed E-state index contributed by atoms with van der Waals surface area (Å²) in [7, 11) is 3.11. The van der Waals surface area contributed by atoms with Crippen LogP contribution in [0.25, 0.3) is 0 Å². The number of dihydropyridines is 1. The average molecular weight is 462 g/mol. The minimum absolute atomic E-state index is 0.0342. The number of ketones is 1. The smallest absolute Gasteiger partial charge is 0.337 e. The van der Waals surface area contributed by atoms with Crippen molar-refractivity contribution in [2.24, 2.45) is 0 Å². The normalized spacial score (nSPS) is 18.8. The molecule has 1 aliphatic carbocycles. The summed E-state index contributed by atoms with van der Waals surface area (Å²) in [5.41, 5.74) is 3.32. The summed E-state index contributed by atoms with van der Waals surface area (Å²) in [5.74, 6) is 0.0628. The van der Waals surface area contributed by atoms with Gasteiger partial charge in [-0.05, 0) is 37.5 Å². The first kappa shape index (κ1) is 21.2. The van der Waals surface area contributed by atoms with Crippen molar-refractivity contribution in [2.75, 3.05) is 20.8 Å². The van der Waals surface area contributed by atoms with Gasteiger partial charge >= 0.3 is 5.97 Å². The Hall–Kier alpha value is -2.54. The van der Waals surface area contributed by atoms with E-state index in [1.165, 1.54) is 6.08 Å². The van der Waals surface area contributed by atoms with Crippen molar-refractivity contribution in [3.63, 3.8) is 0 Å². The standard InChI is InChI=1S/C22H24BrNO5/c1-5-9-29-22(26)19-12(2)24-15-7-6-8-16(25)21(15)20(19)13-10-17(27-3)18(28-4)11-14(13)23/h5,10-11,20,24H,1,6-9H2,2-4H3/t20-/m1/s1. The molecule has 3 rings (SSSR count). The number of carbonyl (C=O) groups excluding carboxylic acids is 2. The lowest BCUT2D eigenvalue weighted by molar-refractivity contribution is -0.138. The number of Topliss-reactive ketones (excluding diaryl/α,β-unsaturated/α-hetero) is 1. The van der Waals surface area contributed by atoms with Gasteiger partial charge in [0.1, 0.15) is 6.61 Å². The Morgan fingerprint density at radius 3 is 2.62 bits per heavy atom. The Morgan fingerprint density at radius 1 is 1.28 bits per heavy atom. The van der Waals surface area contributed by atoms with Gasteiger partial charge in [0.15, 0.2) is 17.3 Å². The van der Waals surface area contributed by atoms with Crippen LogP contribution in [0, 0.1) is 0 Å². The molecule has 0 saturated carbocycles. The molecule has 7 heteroatoms. The first-order valence-corrected chi connectivity index (χ1v) is 10.2. The summed E-state index contributed by atoms with van der Waals surface area (Å²) in [4.78, 5) is 25.9. The largest absolute Gasteiger partial charge is 0.493 e. The fourth-order valence-corrected chi connectivity index (χ4v) is 4.42. The van der Waals surface area contributed by atoms with Crippen molar-refractivity contribution in [1.29, 1.82) is 0 Å². The van der Waals surface area contributed by atoms with Crippen LogP contribution in [0.5, 0.6) is 11.5 Å². The Kier molecular flexibility index (Phi) is 6.47. The maximum Gasteiger partial charge on any atom is 0.337 e. The topological polar surface area (TPSA) is 73.9 Å².